The third kappa shape index (κ3) is 3.80. The average Bonchev–Trinajstić information content (AvgIpc) is 3.22. The van der Waals surface area contributed by atoms with Crippen molar-refractivity contribution in [2.75, 3.05) is 0 Å². The van der Waals surface area contributed by atoms with Crippen LogP contribution < -0.4 is 0 Å². The second-order valence-electron chi connectivity index (χ2n) is 6.19. The molecule has 2 aromatic heterocycles. The van der Waals surface area contributed by atoms with Crippen molar-refractivity contribution in [3.8, 4) is 6.07 Å². The average molecular weight is 348 g/mol. The third-order valence-corrected chi connectivity index (χ3v) is 4.56. The predicted octanol–water partition coefficient (Wildman–Crippen LogP) is 5.74. The van der Waals surface area contributed by atoms with Crippen LogP contribution in [0.2, 0.25) is 0 Å². The second-order valence-corrected chi connectivity index (χ2v) is 6.19. The van der Waals surface area contributed by atoms with E-state index in [1.165, 1.54) is 22.2 Å². The smallest absolute Gasteiger partial charge is 0.0991 e. The van der Waals surface area contributed by atoms with Crippen LogP contribution in [0.1, 0.15) is 57.1 Å². The fraction of sp³-hybridized carbons (Fsp3) is 0.391. The van der Waals surface area contributed by atoms with Gasteiger partial charge in [0, 0.05) is 22.8 Å². The van der Waals surface area contributed by atoms with Gasteiger partial charge in [-0.1, -0.05) is 40.7 Å². The number of benzene rings is 1. The summed E-state index contributed by atoms with van der Waals surface area (Å²) < 4.78 is 2.39. The monoisotopic (exact) mass is 347 g/mol. The second kappa shape index (κ2) is 9.20. The van der Waals surface area contributed by atoms with Crippen molar-refractivity contribution in [3.05, 3.63) is 65.1 Å². The van der Waals surface area contributed by atoms with E-state index in [0.29, 0.717) is 5.92 Å². The number of fused-ring (bicyclic) bond motifs is 3. The Labute approximate surface area is 157 Å². The molecule has 26 heavy (non-hydrogen) atoms. The van der Waals surface area contributed by atoms with Crippen LogP contribution in [0.5, 0.6) is 0 Å². The number of hydrogen-bond acceptors (Lipinski definition) is 2. The van der Waals surface area contributed by atoms with E-state index < -0.39 is 0 Å². The fourth-order valence-corrected chi connectivity index (χ4v) is 3.59. The van der Waals surface area contributed by atoms with Crippen LogP contribution in [0.3, 0.4) is 0 Å². The molecule has 2 heterocycles. The highest BCUT2D eigenvalue weighted by Crippen LogP contribution is 2.36. The molecule has 1 aliphatic rings. The Kier molecular flexibility index (Phi) is 6.97. The van der Waals surface area contributed by atoms with Gasteiger partial charge in [0.2, 0.25) is 0 Å². The van der Waals surface area contributed by atoms with Gasteiger partial charge >= 0.3 is 0 Å². The van der Waals surface area contributed by atoms with E-state index in [9.17, 15) is 5.26 Å². The van der Waals surface area contributed by atoms with Gasteiger partial charge in [0.05, 0.1) is 23.9 Å². The Balaban J connectivity index is 0.000000570. The van der Waals surface area contributed by atoms with Crippen LogP contribution in [0, 0.1) is 17.2 Å². The summed E-state index contributed by atoms with van der Waals surface area (Å²) in [6.45, 7) is 11.1. The van der Waals surface area contributed by atoms with E-state index in [4.69, 9.17) is 0 Å². The molecule has 3 aromatic rings. The summed E-state index contributed by atoms with van der Waals surface area (Å²) in [7, 11) is 0. The Morgan fingerprint density at radius 3 is 2.54 bits per heavy atom. The topological polar surface area (TPSA) is 41.6 Å². The molecular weight excluding hydrogens is 318 g/mol. The van der Waals surface area contributed by atoms with Gasteiger partial charge < -0.3 is 4.57 Å². The summed E-state index contributed by atoms with van der Waals surface area (Å²) in [4.78, 5) is 4.47. The maximum atomic E-state index is 9.17. The lowest BCUT2D eigenvalue weighted by Crippen LogP contribution is -2.06. The van der Waals surface area contributed by atoms with Crippen LogP contribution in [0.15, 0.2) is 42.6 Å². The summed E-state index contributed by atoms with van der Waals surface area (Å²) in [6, 6.07) is 14.3. The van der Waals surface area contributed by atoms with Crippen molar-refractivity contribution in [1.82, 2.24) is 9.55 Å². The van der Waals surface area contributed by atoms with Crippen LogP contribution in [-0.4, -0.2) is 9.55 Å². The minimum atomic E-state index is 0.676. The van der Waals surface area contributed by atoms with Crippen molar-refractivity contribution in [1.29, 1.82) is 5.26 Å². The van der Waals surface area contributed by atoms with Crippen molar-refractivity contribution in [3.63, 3.8) is 0 Å². The maximum Gasteiger partial charge on any atom is 0.0991 e. The standard InChI is InChI=1S/C19H17N3.2C2H6/c1-13-8-16-17-10-14(11-20)5-6-18(17)22(19(16)9-13)12-15-4-2-3-7-21-15;2*1-2/h2-7,10,13H,8-9,12H2,1H3;2*1-2H3. The van der Waals surface area contributed by atoms with E-state index in [1.54, 1.807) is 0 Å². The Morgan fingerprint density at radius 2 is 1.88 bits per heavy atom. The van der Waals surface area contributed by atoms with E-state index in [2.05, 4.69) is 34.7 Å². The van der Waals surface area contributed by atoms with Gasteiger partial charge in [0.1, 0.15) is 0 Å². The lowest BCUT2D eigenvalue weighted by Gasteiger charge is -2.10. The highest BCUT2D eigenvalue weighted by Gasteiger charge is 2.26. The van der Waals surface area contributed by atoms with Crippen LogP contribution in [0.25, 0.3) is 10.9 Å². The van der Waals surface area contributed by atoms with Gasteiger partial charge in [-0.25, -0.2) is 0 Å². The van der Waals surface area contributed by atoms with Crippen molar-refractivity contribution in [2.45, 2.75) is 54.0 Å². The molecule has 0 saturated carbocycles. The molecule has 0 aliphatic heterocycles. The summed E-state index contributed by atoms with van der Waals surface area (Å²) in [5.41, 5.74) is 5.89. The van der Waals surface area contributed by atoms with Crippen molar-refractivity contribution < 1.29 is 0 Å². The first-order chi connectivity index (χ1) is 12.8. The van der Waals surface area contributed by atoms with E-state index in [0.717, 1.165) is 30.6 Å². The Hall–Kier alpha value is -2.60. The summed E-state index contributed by atoms with van der Waals surface area (Å²) in [5, 5.41) is 10.4. The summed E-state index contributed by atoms with van der Waals surface area (Å²) >= 11 is 0. The highest BCUT2D eigenvalue weighted by atomic mass is 15.0. The molecule has 3 heteroatoms. The van der Waals surface area contributed by atoms with Gasteiger partial charge in [-0.2, -0.15) is 5.26 Å². The molecule has 0 radical (unpaired) electrons. The molecule has 0 N–H and O–H groups in total. The number of nitrogens with zero attached hydrogens (tertiary/aromatic N) is 3. The quantitative estimate of drug-likeness (QED) is 0.593. The van der Waals surface area contributed by atoms with Gasteiger partial charge in [-0.15, -0.1) is 0 Å². The third-order valence-electron chi connectivity index (χ3n) is 4.56. The first kappa shape index (κ1) is 19.7. The number of aromatic nitrogens is 2. The summed E-state index contributed by atoms with van der Waals surface area (Å²) in [6.07, 6.45) is 4.06. The molecule has 0 saturated heterocycles. The minimum Gasteiger partial charge on any atom is -0.338 e. The SMILES string of the molecule is CC.CC.CC1Cc2c(n(Cc3ccccn3)c3ccc(C#N)cc23)C1. The zero-order chi connectivity index (χ0) is 19.1. The molecule has 1 atom stereocenters. The lowest BCUT2D eigenvalue weighted by molar-refractivity contribution is 0.608. The zero-order valence-corrected chi connectivity index (χ0v) is 16.6. The van der Waals surface area contributed by atoms with Crippen molar-refractivity contribution in [2.24, 2.45) is 5.92 Å². The normalized spacial score (nSPS) is 14.5. The molecule has 1 unspecified atom stereocenters. The molecule has 0 spiro atoms. The van der Waals surface area contributed by atoms with Crippen LogP contribution in [0.4, 0.5) is 0 Å². The number of hydrogen-bond donors (Lipinski definition) is 0. The molecule has 1 aromatic carbocycles. The Bertz CT molecular complexity index is 885. The molecule has 0 amide bonds. The molecule has 4 rings (SSSR count). The van der Waals surface area contributed by atoms with Crippen LogP contribution >= 0.6 is 0 Å². The van der Waals surface area contributed by atoms with E-state index in [-0.39, 0.29) is 0 Å². The zero-order valence-electron chi connectivity index (χ0n) is 16.6. The maximum absolute atomic E-state index is 9.17. The molecule has 0 bridgehead atoms. The lowest BCUT2D eigenvalue weighted by atomic mass is 10.1. The van der Waals surface area contributed by atoms with Gasteiger partial charge in [-0.3, -0.25) is 4.98 Å². The van der Waals surface area contributed by atoms with E-state index in [1.807, 2.05) is 58.2 Å². The Morgan fingerprint density at radius 1 is 1.12 bits per heavy atom. The molecule has 3 nitrogen and oxygen atoms in total. The number of rotatable bonds is 2. The predicted molar refractivity (Wildman–Crippen MR) is 109 cm³/mol. The highest BCUT2D eigenvalue weighted by molar-refractivity contribution is 5.87. The van der Waals surface area contributed by atoms with Gasteiger partial charge in [0.15, 0.2) is 0 Å². The molecule has 136 valence electrons. The fourth-order valence-electron chi connectivity index (χ4n) is 3.59. The van der Waals surface area contributed by atoms with Gasteiger partial charge in [-0.05, 0) is 54.7 Å². The number of nitriles is 1. The molecule has 0 fully saturated rings. The first-order valence-corrected chi connectivity index (χ1v) is 9.70. The largest absolute Gasteiger partial charge is 0.338 e. The minimum absolute atomic E-state index is 0.676. The summed E-state index contributed by atoms with van der Waals surface area (Å²) in [5.74, 6) is 0.676. The van der Waals surface area contributed by atoms with Crippen molar-refractivity contribution >= 4 is 10.9 Å². The van der Waals surface area contributed by atoms with Crippen LogP contribution in [-0.2, 0) is 19.4 Å². The molecular formula is C23H29N3. The number of pyridine rings is 1. The molecule has 1 aliphatic carbocycles. The first-order valence-electron chi connectivity index (χ1n) is 9.70. The van der Waals surface area contributed by atoms with E-state index >= 15 is 0 Å². The van der Waals surface area contributed by atoms with Gasteiger partial charge in [0.25, 0.3) is 0 Å².